The van der Waals surface area contributed by atoms with Crippen LogP contribution >= 0.6 is 11.6 Å². The number of aryl methyl sites for hydroxylation is 1. The van der Waals surface area contributed by atoms with E-state index in [9.17, 15) is 9.59 Å². The van der Waals surface area contributed by atoms with E-state index in [1.54, 1.807) is 13.0 Å². The molecule has 1 aromatic rings. The van der Waals surface area contributed by atoms with Crippen molar-refractivity contribution in [1.82, 2.24) is 15.6 Å². The van der Waals surface area contributed by atoms with Gasteiger partial charge in [-0.2, -0.15) is 0 Å². The third-order valence-corrected chi connectivity index (χ3v) is 3.33. The molecule has 5 nitrogen and oxygen atoms in total. The van der Waals surface area contributed by atoms with E-state index >= 15 is 0 Å². The molecule has 0 saturated heterocycles. The lowest BCUT2D eigenvalue weighted by molar-refractivity contribution is -0.122. The molecule has 0 spiro atoms. The number of amides is 2. The van der Waals surface area contributed by atoms with Crippen molar-refractivity contribution >= 4 is 23.4 Å². The molecule has 1 fully saturated rings. The van der Waals surface area contributed by atoms with Crippen LogP contribution in [0, 0.1) is 0 Å². The predicted molar refractivity (Wildman–Crippen MR) is 76.7 cm³/mol. The average Bonchev–Trinajstić information content (AvgIpc) is 3.21. The van der Waals surface area contributed by atoms with Gasteiger partial charge in [0.15, 0.2) is 0 Å². The normalized spacial score (nSPS) is 15.6. The highest BCUT2D eigenvalue weighted by atomic mass is 35.5. The molecule has 108 valence electrons. The fraction of sp³-hybridized carbons (Fsp3) is 0.500. The number of halogens is 1. The van der Waals surface area contributed by atoms with Gasteiger partial charge in [0.2, 0.25) is 5.91 Å². The summed E-state index contributed by atoms with van der Waals surface area (Å²) in [6.45, 7) is 3.60. The van der Waals surface area contributed by atoms with E-state index in [0.29, 0.717) is 12.0 Å². The lowest BCUT2D eigenvalue weighted by Gasteiger charge is -2.14. The molecular weight excluding hydrogens is 278 g/mol. The van der Waals surface area contributed by atoms with Crippen LogP contribution in [0.3, 0.4) is 0 Å². The van der Waals surface area contributed by atoms with Crippen LogP contribution in [0.4, 0.5) is 0 Å². The van der Waals surface area contributed by atoms with Gasteiger partial charge in [-0.1, -0.05) is 18.5 Å². The molecule has 1 atom stereocenters. The van der Waals surface area contributed by atoms with Gasteiger partial charge >= 0.3 is 0 Å². The summed E-state index contributed by atoms with van der Waals surface area (Å²) in [5.74, 6) is -0.473. The molecule has 0 bridgehead atoms. The highest BCUT2D eigenvalue weighted by molar-refractivity contribution is 6.29. The second-order valence-corrected chi connectivity index (χ2v) is 5.39. The lowest BCUT2D eigenvalue weighted by Crippen LogP contribution is -2.45. The summed E-state index contributed by atoms with van der Waals surface area (Å²) >= 11 is 5.88. The zero-order chi connectivity index (χ0) is 14.7. The molecule has 6 heteroatoms. The lowest BCUT2D eigenvalue weighted by atomic mass is 10.2. The third-order valence-electron chi connectivity index (χ3n) is 3.14. The second-order valence-electron chi connectivity index (χ2n) is 5.00. The Hall–Kier alpha value is -1.62. The predicted octanol–water partition coefficient (Wildman–Crippen LogP) is 1.69. The maximum absolute atomic E-state index is 12.1. The molecule has 0 aromatic carbocycles. The number of carbonyl (C=O) groups excluding carboxylic acids is 2. The first-order valence-electron chi connectivity index (χ1n) is 6.77. The van der Waals surface area contributed by atoms with E-state index in [2.05, 4.69) is 15.6 Å². The smallest absolute Gasteiger partial charge is 0.252 e. The summed E-state index contributed by atoms with van der Waals surface area (Å²) in [7, 11) is 0. The fourth-order valence-electron chi connectivity index (χ4n) is 1.76. The molecule has 20 heavy (non-hydrogen) atoms. The first kappa shape index (κ1) is 14.8. The number of nitrogens with zero attached hydrogens (tertiary/aromatic N) is 1. The largest absolute Gasteiger partial charge is 0.352 e. The Labute approximate surface area is 123 Å². The number of carbonyl (C=O) groups is 2. The minimum Gasteiger partial charge on any atom is -0.352 e. The highest BCUT2D eigenvalue weighted by Gasteiger charge is 2.26. The van der Waals surface area contributed by atoms with Gasteiger partial charge < -0.3 is 10.6 Å². The molecule has 0 aliphatic heterocycles. The zero-order valence-corrected chi connectivity index (χ0v) is 12.3. The Morgan fingerprint density at radius 3 is 2.75 bits per heavy atom. The molecule has 0 radical (unpaired) electrons. The van der Waals surface area contributed by atoms with Crippen molar-refractivity contribution < 1.29 is 9.59 Å². The number of hydrogen-bond donors (Lipinski definition) is 2. The Bertz CT molecular complexity index is 529. The fourth-order valence-corrected chi connectivity index (χ4v) is 1.99. The topological polar surface area (TPSA) is 71.1 Å². The molecule has 2 rings (SSSR count). The van der Waals surface area contributed by atoms with Crippen molar-refractivity contribution in [3.05, 3.63) is 28.5 Å². The van der Waals surface area contributed by atoms with Crippen LogP contribution in [0.2, 0.25) is 5.15 Å². The SMILES string of the molecule is CCc1cc(C(=O)NC(C)C(=O)NC2CC2)cc(Cl)n1. The van der Waals surface area contributed by atoms with Gasteiger partial charge in [0, 0.05) is 17.3 Å². The number of pyridine rings is 1. The molecular formula is C14H18ClN3O2. The average molecular weight is 296 g/mol. The van der Waals surface area contributed by atoms with E-state index < -0.39 is 6.04 Å². The Kier molecular flexibility index (Phi) is 4.60. The first-order valence-corrected chi connectivity index (χ1v) is 7.15. The minimum absolute atomic E-state index is 0.156. The zero-order valence-electron chi connectivity index (χ0n) is 11.6. The monoisotopic (exact) mass is 295 g/mol. The van der Waals surface area contributed by atoms with Crippen LogP contribution in [0.25, 0.3) is 0 Å². The summed E-state index contributed by atoms with van der Waals surface area (Å²) in [5, 5.41) is 5.80. The summed E-state index contributed by atoms with van der Waals surface area (Å²) in [6.07, 6.45) is 2.73. The van der Waals surface area contributed by atoms with Crippen molar-refractivity contribution in [2.24, 2.45) is 0 Å². The minimum atomic E-state index is -0.569. The molecule has 1 heterocycles. The van der Waals surface area contributed by atoms with E-state index in [0.717, 1.165) is 18.5 Å². The number of aromatic nitrogens is 1. The summed E-state index contributed by atoms with van der Waals surface area (Å²) in [4.78, 5) is 28.0. The van der Waals surface area contributed by atoms with Crippen molar-refractivity contribution in [1.29, 1.82) is 0 Å². The number of nitrogens with one attached hydrogen (secondary N) is 2. The van der Waals surface area contributed by atoms with Crippen molar-refractivity contribution in [2.45, 2.75) is 45.2 Å². The summed E-state index contributed by atoms with van der Waals surface area (Å²) < 4.78 is 0. The third kappa shape index (κ3) is 3.93. The van der Waals surface area contributed by atoms with E-state index in [-0.39, 0.29) is 23.0 Å². The standard InChI is InChI=1S/C14H18ClN3O2/c1-3-10-6-9(7-12(15)17-10)14(20)16-8(2)13(19)18-11-4-5-11/h6-8,11H,3-5H2,1-2H3,(H,16,20)(H,18,19). The Balaban J connectivity index is 1.99. The number of rotatable bonds is 5. The van der Waals surface area contributed by atoms with Gasteiger partial charge in [0.25, 0.3) is 5.91 Å². The van der Waals surface area contributed by atoms with Crippen LogP contribution in [-0.2, 0) is 11.2 Å². The molecule has 1 aromatic heterocycles. The van der Waals surface area contributed by atoms with E-state index in [4.69, 9.17) is 11.6 Å². The molecule has 1 aliphatic rings. The van der Waals surface area contributed by atoms with E-state index in [1.807, 2.05) is 6.92 Å². The Morgan fingerprint density at radius 2 is 2.15 bits per heavy atom. The van der Waals surface area contributed by atoms with Gasteiger partial charge in [-0.05, 0) is 38.3 Å². The molecule has 1 aliphatic carbocycles. The van der Waals surface area contributed by atoms with Crippen molar-refractivity contribution in [3.8, 4) is 0 Å². The summed E-state index contributed by atoms with van der Waals surface area (Å²) in [6, 6.07) is 2.90. The highest BCUT2D eigenvalue weighted by Crippen LogP contribution is 2.18. The van der Waals surface area contributed by atoms with Gasteiger partial charge in [0.1, 0.15) is 11.2 Å². The first-order chi connectivity index (χ1) is 9.49. The van der Waals surface area contributed by atoms with Crippen LogP contribution in [0.5, 0.6) is 0 Å². The van der Waals surface area contributed by atoms with Crippen LogP contribution in [0.1, 0.15) is 42.7 Å². The van der Waals surface area contributed by atoms with Crippen LogP contribution in [0.15, 0.2) is 12.1 Å². The number of hydrogen-bond acceptors (Lipinski definition) is 3. The van der Waals surface area contributed by atoms with Crippen molar-refractivity contribution in [3.63, 3.8) is 0 Å². The van der Waals surface area contributed by atoms with Gasteiger partial charge in [-0.25, -0.2) is 4.98 Å². The maximum Gasteiger partial charge on any atom is 0.252 e. The van der Waals surface area contributed by atoms with Gasteiger partial charge in [-0.3, -0.25) is 9.59 Å². The molecule has 2 amide bonds. The van der Waals surface area contributed by atoms with Crippen molar-refractivity contribution in [2.75, 3.05) is 0 Å². The van der Waals surface area contributed by atoms with Gasteiger partial charge in [-0.15, -0.1) is 0 Å². The second kappa shape index (κ2) is 6.22. The summed E-state index contributed by atoms with van der Waals surface area (Å²) in [5.41, 5.74) is 1.17. The molecule has 2 N–H and O–H groups in total. The van der Waals surface area contributed by atoms with E-state index in [1.165, 1.54) is 6.07 Å². The van der Waals surface area contributed by atoms with Crippen LogP contribution < -0.4 is 10.6 Å². The van der Waals surface area contributed by atoms with Crippen LogP contribution in [-0.4, -0.2) is 28.9 Å². The quantitative estimate of drug-likeness (QED) is 0.812. The molecule has 1 unspecified atom stereocenters. The Morgan fingerprint density at radius 1 is 1.45 bits per heavy atom. The molecule has 1 saturated carbocycles. The van der Waals surface area contributed by atoms with Gasteiger partial charge in [0.05, 0.1) is 0 Å². The maximum atomic E-state index is 12.1.